The second-order valence-electron chi connectivity index (χ2n) is 8.14. The van der Waals surface area contributed by atoms with Gasteiger partial charge in [-0.3, -0.25) is 19.1 Å². The van der Waals surface area contributed by atoms with Gasteiger partial charge in [-0.1, -0.05) is 18.2 Å². The van der Waals surface area contributed by atoms with Crippen LogP contribution in [0.25, 0.3) is 33.2 Å². The van der Waals surface area contributed by atoms with Gasteiger partial charge < -0.3 is 4.74 Å². The van der Waals surface area contributed by atoms with Crippen molar-refractivity contribution in [2.75, 3.05) is 13.7 Å². The van der Waals surface area contributed by atoms with E-state index in [4.69, 9.17) is 4.74 Å². The van der Waals surface area contributed by atoms with Crippen LogP contribution >= 0.6 is 0 Å². The van der Waals surface area contributed by atoms with Gasteiger partial charge in [-0.2, -0.15) is 4.39 Å². The highest BCUT2D eigenvalue weighted by atomic mass is 19.1. The van der Waals surface area contributed by atoms with Gasteiger partial charge in [-0.15, -0.1) is 0 Å². The summed E-state index contributed by atoms with van der Waals surface area (Å²) in [5.41, 5.74) is 5.04. The van der Waals surface area contributed by atoms with E-state index >= 15 is 4.39 Å². The smallest absolute Gasteiger partial charge is 0.333 e. The number of benzene rings is 1. The van der Waals surface area contributed by atoms with Crippen molar-refractivity contribution in [3.63, 3.8) is 0 Å². The number of rotatable bonds is 5. The minimum atomic E-state index is -0.635. The normalized spacial score (nSPS) is 16.5. The van der Waals surface area contributed by atoms with Gasteiger partial charge in [-0.25, -0.2) is 9.79 Å². The number of imidazole rings is 1. The number of aryl methyl sites for hydroxylation is 1. The Morgan fingerprint density at radius 3 is 2.69 bits per heavy atom. The van der Waals surface area contributed by atoms with Crippen LogP contribution in [0.2, 0.25) is 0 Å². The molecule has 0 radical (unpaired) electrons. The molecule has 0 amide bonds. The highest BCUT2D eigenvalue weighted by Crippen LogP contribution is 2.35. The van der Waals surface area contributed by atoms with Crippen LogP contribution in [0.3, 0.4) is 0 Å². The molecular weight excluding hydrogens is 445 g/mol. The van der Waals surface area contributed by atoms with E-state index in [9.17, 15) is 4.79 Å². The Morgan fingerprint density at radius 2 is 2.03 bits per heavy atom. The van der Waals surface area contributed by atoms with Crippen molar-refractivity contribution in [1.82, 2.24) is 14.1 Å². The summed E-state index contributed by atoms with van der Waals surface area (Å²) in [5, 5.41) is 0.690. The third-order valence-corrected chi connectivity index (χ3v) is 6.15. The molecule has 1 aromatic carbocycles. The molecule has 180 valence electrons. The zero-order chi connectivity index (χ0) is 25.3. The Labute approximate surface area is 203 Å². The molecule has 0 fully saturated rings. The van der Waals surface area contributed by atoms with Crippen molar-refractivity contribution in [3.8, 4) is 5.75 Å². The molecule has 0 unspecified atom stereocenters. The molecule has 0 bridgehead atoms. The lowest BCUT2D eigenvalue weighted by Gasteiger charge is -2.16. The fraction of sp³-hybridized carbons (Fsp3) is 0.259. The van der Waals surface area contributed by atoms with Crippen molar-refractivity contribution >= 4 is 44.9 Å². The quantitative estimate of drug-likeness (QED) is 0.462. The molecule has 0 saturated heterocycles. The molecule has 3 aromatic rings. The number of pyridine rings is 1. The number of nitrogens with zero attached hydrogens (tertiary/aromatic N) is 5. The van der Waals surface area contributed by atoms with E-state index in [1.165, 1.54) is 13.3 Å². The van der Waals surface area contributed by atoms with Gasteiger partial charge in [-0.05, 0) is 45.4 Å². The van der Waals surface area contributed by atoms with E-state index in [2.05, 4.69) is 15.0 Å². The van der Waals surface area contributed by atoms with Crippen molar-refractivity contribution < 1.29 is 9.13 Å². The van der Waals surface area contributed by atoms with E-state index in [0.717, 1.165) is 11.3 Å². The Balaban J connectivity index is 2.13. The largest absolute Gasteiger partial charge is 0.496 e. The predicted molar refractivity (Wildman–Crippen MR) is 142 cm³/mol. The van der Waals surface area contributed by atoms with Crippen molar-refractivity contribution in [2.24, 2.45) is 17.0 Å². The Hall–Kier alpha value is -4.07. The topological polar surface area (TPSA) is 73.8 Å². The molecule has 35 heavy (non-hydrogen) atoms. The fourth-order valence-electron chi connectivity index (χ4n) is 4.24. The van der Waals surface area contributed by atoms with Crippen molar-refractivity contribution in [2.45, 2.75) is 27.7 Å². The number of fused-ring (bicyclic) bond motifs is 3. The number of aliphatic imine (C=N–C) groups is 2. The SMILES string of the molecule is C\C=C(/C(F)=N/C=C/C)c1cc2c(cc1OC)ncc1c2n(C2=C/C(=C\C)CN=C2C)c(=O)n1C. The molecule has 0 atom stereocenters. The molecular formula is C27H28FN5O2. The first-order valence-electron chi connectivity index (χ1n) is 11.3. The van der Waals surface area contributed by atoms with Crippen LogP contribution in [0.1, 0.15) is 33.3 Å². The highest BCUT2D eigenvalue weighted by molar-refractivity contribution is 6.23. The molecule has 0 spiro atoms. The molecule has 0 saturated carbocycles. The number of halogens is 1. The summed E-state index contributed by atoms with van der Waals surface area (Å²) in [4.78, 5) is 26.5. The first-order chi connectivity index (χ1) is 16.9. The average molecular weight is 474 g/mol. The van der Waals surface area contributed by atoms with Crippen LogP contribution in [-0.4, -0.2) is 39.4 Å². The summed E-state index contributed by atoms with van der Waals surface area (Å²) in [7, 11) is 3.24. The van der Waals surface area contributed by atoms with E-state index in [1.54, 1.807) is 54.4 Å². The van der Waals surface area contributed by atoms with Crippen LogP contribution in [0.4, 0.5) is 4.39 Å². The molecule has 8 heteroatoms. The first kappa shape index (κ1) is 24.1. The third-order valence-electron chi connectivity index (χ3n) is 6.15. The Kier molecular flexibility index (Phi) is 6.64. The first-order valence-corrected chi connectivity index (χ1v) is 11.3. The molecule has 7 nitrogen and oxygen atoms in total. The van der Waals surface area contributed by atoms with Gasteiger partial charge in [0, 0.05) is 35.8 Å². The number of aromatic nitrogens is 3. The molecule has 1 aliphatic rings. The number of hydrogen-bond donors (Lipinski definition) is 0. The average Bonchev–Trinajstić information content (AvgIpc) is 3.13. The van der Waals surface area contributed by atoms with Crippen LogP contribution in [0, 0.1) is 0 Å². The van der Waals surface area contributed by atoms with Gasteiger partial charge in [0.25, 0.3) is 0 Å². The van der Waals surface area contributed by atoms with E-state index in [0.29, 0.717) is 45.5 Å². The number of dihydropyridines is 1. The monoisotopic (exact) mass is 473 g/mol. The molecule has 2 aromatic heterocycles. The maximum atomic E-state index is 15.0. The van der Waals surface area contributed by atoms with Crippen molar-refractivity contribution in [1.29, 1.82) is 0 Å². The van der Waals surface area contributed by atoms with Gasteiger partial charge in [0.05, 0.1) is 47.8 Å². The van der Waals surface area contributed by atoms with E-state index < -0.39 is 5.97 Å². The van der Waals surface area contributed by atoms with Gasteiger partial charge in [0.15, 0.2) is 0 Å². The zero-order valence-corrected chi connectivity index (χ0v) is 20.8. The highest BCUT2D eigenvalue weighted by Gasteiger charge is 2.23. The van der Waals surface area contributed by atoms with Crippen LogP contribution in [0.15, 0.2) is 69.2 Å². The van der Waals surface area contributed by atoms with Gasteiger partial charge in [0.2, 0.25) is 5.97 Å². The molecule has 0 N–H and O–H groups in total. The fourth-order valence-corrected chi connectivity index (χ4v) is 4.24. The standard InChI is InChI=1S/C27H28FN5O2/c1-7-10-29-26(28)18(9-3)19-12-20-21(13-24(19)35-6)31-15-23-25(20)33(27(34)32(23)5)22-11-17(8-2)14-30-16(22)4/h7-13,15H,14H2,1-6H3/b10-7+,17-8+,18-9-,29-26-. The summed E-state index contributed by atoms with van der Waals surface area (Å²) in [5.74, 6) is -0.177. The zero-order valence-electron chi connectivity index (χ0n) is 20.8. The van der Waals surface area contributed by atoms with Crippen LogP contribution < -0.4 is 10.4 Å². The molecule has 0 aliphatic carbocycles. The van der Waals surface area contributed by atoms with Crippen LogP contribution in [-0.2, 0) is 7.05 Å². The maximum absolute atomic E-state index is 15.0. The van der Waals surface area contributed by atoms with Crippen molar-refractivity contribution in [3.05, 3.63) is 70.5 Å². The molecule has 3 heterocycles. The lowest BCUT2D eigenvalue weighted by molar-refractivity contribution is 0.414. The minimum absolute atomic E-state index is 0.211. The minimum Gasteiger partial charge on any atom is -0.496 e. The summed E-state index contributed by atoms with van der Waals surface area (Å²) >= 11 is 0. The molecule has 4 rings (SSSR count). The van der Waals surface area contributed by atoms with Gasteiger partial charge in [0.1, 0.15) is 5.75 Å². The van der Waals surface area contributed by atoms with Crippen LogP contribution in [0.5, 0.6) is 5.75 Å². The maximum Gasteiger partial charge on any atom is 0.333 e. The summed E-state index contributed by atoms with van der Waals surface area (Å²) in [6, 6.07) is 3.57. The second-order valence-corrected chi connectivity index (χ2v) is 8.14. The second kappa shape index (κ2) is 9.66. The Morgan fingerprint density at radius 1 is 1.26 bits per heavy atom. The number of allylic oxidation sites excluding steroid dienone is 5. The lowest BCUT2D eigenvalue weighted by atomic mass is 10.0. The number of hydrogen-bond acceptors (Lipinski definition) is 5. The predicted octanol–water partition coefficient (Wildman–Crippen LogP) is 5.46. The third kappa shape index (κ3) is 4.05. The molecule has 1 aliphatic heterocycles. The number of ether oxygens (including phenoxy) is 1. The van der Waals surface area contributed by atoms with E-state index in [1.807, 2.05) is 32.1 Å². The number of methoxy groups -OCH3 is 1. The summed E-state index contributed by atoms with van der Waals surface area (Å²) in [6.45, 7) is 7.93. The van der Waals surface area contributed by atoms with Gasteiger partial charge >= 0.3 is 5.69 Å². The van der Waals surface area contributed by atoms with E-state index in [-0.39, 0.29) is 11.3 Å². The summed E-state index contributed by atoms with van der Waals surface area (Å²) < 4.78 is 23.8. The lowest BCUT2D eigenvalue weighted by Crippen LogP contribution is -2.25. The Bertz CT molecular complexity index is 1580. The summed E-state index contributed by atoms with van der Waals surface area (Å²) in [6.07, 6.45) is 10.3.